The Morgan fingerprint density at radius 3 is 2.50 bits per heavy atom. The molecule has 0 amide bonds. The molecule has 0 bridgehead atoms. The number of methoxy groups -OCH3 is 2. The van der Waals surface area contributed by atoms with Crippen molar-refractivity contribution in [2.24, 2.45) is 0 Å². The SMILES string of the molecule is COc1ccc(CN[C@H](C)c2ccncc2)c(OC)c1. The Hall–Kier alpha value is -2.07. The topological polar surface area (TPSA) is 43.4 Å². The van der Waals surface area contributed by atoms with Gasteiger partial charge in [-0.25, -0.2) is 0 Å². The molecule has 0 aliphatic heterocycles. The number of rotatable bonds is 6. The fraction of sp³-hybridized carbons (Fsp3) is 0.312. The van der Waals surface area contributed by atoms with Gasteiger partial charge >= 0.3 is 0 Å². The molecule has 1 aromatic carbocycles. The highest BCUT2D eigenvalue weighted by atomic mass is 16.5. The van der Waals surface area contributed by atoms with E-state index in [4.69, 9.17) is 9.47 Å². The maximum Gasteiger partial charge on any atom is 0.127 e. The first-order valence-electron chi connectivity index (χ1n) is 6.59. The first kappa shape index (κ1) is 14.3. The van der Waals surface area contributed by atoms with Crippen LogP contribution in [0.5, 0.6) is 11.5 Å². The van der Waals surface area contributed by atoms with Gasteiger partial charge in [-0.2, -0.15) is 0 Å². The van der Waals surface area contributed by atoms with E-state index in [1.54, 1.807) is 14.2 Å². The van der Waals surface area contributed by atoms with E-state index in [1.807, 2.05) is 42.7 Å². The van der Waals surface area contributed by atoms with Crippen molar-refractivity contribution in [2.45, 2.75) is 19.5 Å². The maximum absolute atomic E-state index is 5.40. The van der Waals surface area contributed by atoms with Crippen molar-refractivity contribution >= 4 is 0 Å². The van der Waals surface area contributed by atoms with Gasteiger partial charge in [0.15, 0.2) is 0 Å². The van der Waals surface area contributed by atoms with Gasteiger partial charge in [0.05, 0.1) is 14.2 Å². The third-order valence-corrected chi connectivity index (χ3v) is 3.30. The zero-order valence-corrected chi connectivity index (χ0v) is 12.1. The molecule has 1 heterocycles. The van der Waals surface area contributed by atoms with Gasteiger partial charge in [-0.15, -0.1) is 0 Å². The third-order valence-electron chi connectivity index (χ3n) is 3.30. The summed E-state index contributed by atoms with van der Waals surface area (Å²) >= 11 is 0. The number of ether oxygens (including phenoxy) is 2. The van der Waals surface area contributed by atoms with E-state index in [-0.39, 0.29) is 6.04 Å². The minimum atomic E-state index is 0.254. The van der Waals surface area contributed by atoms with Gasteiger partial charge in [0.25, 0.3) is 0 Å². The molecule has 0 saturated carbocycles. The van der Waals surface area contributed by atoms with Gasteiger partial charge in [0, 0.05) is 36.6 Å². The number of hydrogen-bond donors (Lipinski definition) is 1. The molecular weight excluding hydrogens is 252 g/mol. The normalized spacial score (nSPS) is 11.9. The number of pyridine rings is 1. The molecule has 0 radical (unpaired) electrons. The second kappa shape index (κ2) is 6.91. The van der Waals surface area contributed by atoms with Gasteiger partial charge in [-0.3, -0.25) is 4.98 Å². The summed E-state index contributed by atoms with van der Waals surface area (Å²) in [6, 6.07) is 10.1. The molecule has 0 aliphatic carbocycles. The summed E-state index contributed by atoms with van der Waals surface area (Å²) in [6.07, 6.45) is 3.61. The summed E-state index contributed by atoms with van der Waals surface area (Å²) in [7, 11) is 3.32. The number of aromatic nitrogens is 1. The van der Waals surface area contributed by atoms with Gasteiger partial charge in [-0.05, 0) is 30.7 Å². The summed E-state index contributed by atoms with van der Waals surface area (Å²) in [6.45, 7) is 2.86. The fourth-order valence-electron chi connectivity index (χ4n) is 2.03. The molecule has 0 saturated heterocycles. The predicted molar refractivity (Wildman–Crippen MR) is 79.0 cm³/mol. The van der Waals surface area contributed by atoms with Gasteiger partial charge in [-0.1, -0.05) is 6.07 Å². The molecule has 0 fully saturated rings. The van der Waals surface area contributed by atoms with Crippen LogP contribution in [0.3, 0.4) is 0 Å². The molecule has 2 aromatic rings. The van der Waals surface area contributed by atoms with E-state index in [2.05, 4.69) is 17.2 Å². The smallest absolute Gasteiger partial charge is 0.127 e. The van der Waals surface area contributed by atoms with Crippen molar-refractivity contribution in [1.82, 2.24) is 10.3 Å². The lowest BCUT2D eigenvalue weighted by Crippen LogP contribution is -2.18. The number of hydrogen-bond acceptors (Lipinski definition) is 4. The minimum absolute atomic E-state index is 0.254. The van der Waals surface area contributed by atoms with E-state index < -0.39 is 0 Å². The molecule has 1 aromatic heterocycles. The van der Waals surface area contributed by atoms with Crippen LogP contribution in [0.2, 0.25) is 0 Å². The Labute approximate surface area is 119 Å². The Balaban J connectivity index is 2.03. The predicted octanol–water partition coefficient (Wildman–Crippen LogP) is 2.95. The van der Waals surface area contributed by atoms with Crippen LogP contribution in [0.15, 0.2) is 42.7 Å². The summed E-state index contributed by atoms with van der Waals surface area (Å²) in [5.41, 5.74) is 2.32. The van der Waals surface area contributed by atoms with E-state index in [0.717, 1.165) is 23.6 Å². The van der Waals surface area contributed by atoms with Crippen LogP contribution in [0.25, 0.3) is 0 Å². The molecular formula is C16H20N2O2. The summed E-state index contributed by atoms with van der Waals surface area (Å²) < 4.78 is 10.6. The minimum Gasteiger partial charge on any atom is -0.497 e. The van der Waals surface area contributed by atoms with Crippen molar-refractivity contribution in [3.63, 3.8) is 0 Å². The van der Waals surface area contributed by atoms with E-state index in [9.17, 15) is 0 Å². The fourth-order valence-corrected chi connectivity index (χ4v) is 2.03. The number of nitrogens with one attached hydrogen (secondary N) is 1. The average molecular weight is 272 g/mol. The number of benzene rings is 1. The van der Waals surface area contributed by atoms with Crippen LogP contribution in [0, 0.1) is 0 Å². The summed E-state index contributed by atoms with van der Waals surface area (Å²) in [5, 5.41) is 3.48. The monoisotopic (exact) mass is 272 g/mol. The lowest BCUT2D eigenvalue weighted by atomic mass is 10.1. The highest BCUT2D eigenvalue weighted by Gasteiger charge is 2.08. The van der Waals surface area contributed by atoms with Crippen LogP contribution >= 0.6 is 0 Å². The molecule has 4 heteroatoms. The van der Waals surface area contributed by atoms with Crippen LogP contribution in [-0.4, -0.2) is 19.2 Å². The van der Waals surface area contributed by atoms with Crippen molar-refractivity contribution < 1.29 is 9.47 Å². The lowest BCUT2D eigenvalue weighted by Gasteiger charge is -2.16. The Morgan fingerprint density at radius 1 is 1.10 bits per heavy atom. The number of nitrogens with zero attached hydrogens (tertiary/aromatic N) is 1. The van der Waals surface area contributed by atoms with Crippen LogP contribution in [0.4, 0.5) is 0 Å². The van der Waals surface area contributed by atoms with E-state index >= 15 is 0 Å². The Bertz CT molecular complexity index is 543. The Kier molecular flexibility index (Phi) is 4.96. The average Bonchev–Trinajstić information content (AvgIpc) is 2.53. The molecule has 0 unspecified atom stereocenters. The highest BCUT2D eigenvalue weighted by Crippen LogP contribution is 2.25. The lowest BCUT2D eigenvalue weighted by molar-refractivity contribution is 0.389. The molecule has 4 nitrogen and oxygen atoms in total. The second-order valence-corrected chi connectivity index (χ2v) is 4.56. The molecule has 1 N–H and O–H groups in total. The summed E-state index contributed by atoms with van der Waals surface area (Å²) in [5.74, 6) is 1.63. The van der Waals surface area contributed by atoms with Crippen LogP contribution in [-0.2, 0) is 6.54 Å². The van der Waals surface area contributed by atoms with Gasteiger partial charge in [0.1, 0.15) is 11.5 Å². The van der Waals surface area contributed by atoms with Crippen molar-refractivity contribution in [2.75, 3.05) is 14.2 Å². The van der Waals surface area contributed by atoms with Gasteiger partial charge < -0.3 is 14.8 Å². The van der Waals surface area contributed by atoms with E-state index in [1.165, 1.54) is 5.56 Å². The maximum atomic E-state index is 5.40. The largest absolute Gasteiger partial charge is 0.497 e. The zero-order valence-electron chi connectivity index (χ0n) is 12.1. The molecule has 0 aliphatic rings. The molecule has 106 valence electrons. The highest BCUT2D eigenvalue weighted by molar-refractivity contribution is 5.40. The molecule has 2 rings (SSSR count). The summed E-state index contributed by atoms with van der Waals surface area (Å²) in [4.78, 5) is 4.03. The zero-order chi connectivity index (χ0) is 14.4. The molecule has 0 spiro atoms. The van der Waals surface area contributed by atoms with Gasteiger partial charge in [0.2, 0.25) is 0 Å². The standard InChI is InChI=1S/C16H20N2O2/c1-12(13-6-8-17-9-7-13)18-11-14-4-5-15(19-2)10-16(14)20-3/h4-10,12,18H,11H2,1-3H3/t12-/m1/s1. The van der Waals surface area contributed by atoms with Crippen molar-refractivity contribution in [1.29, 1.82) is 0 Å². The van der Waals surface area contributed by atoms with Crippen molar-refractivity contribution in [3.05, 3.63) is 53.9 Å². The van der Waals surface area contributed by atoms with Crippen LogP contribution in [0.1, 0.15) is 24.1 Å². The quantitative estimate of drug-likeness (QED) is 0.878. The molecule has 1 atom stereocenters. The molecule has 20 heavy (non-hydrogen) atoms. The second-order valence-electron chi connectivity index (χ2n) is 4.56. The van der Waals surface area contributed by atoms with Crippen LogP contribution < -0.4 is 14.8 Å². The van der Waals surface area contributed by atoms with Crippen molar-refractivity contribution in [3.8, 4) is 11.5 Å². The third kappa shape index (κ3) is 3.48. The van der Waals surface area contributed by atoms with E-state index in [0.29, 0.717) is 0 Å². The first-order chi connectivity index (χ1) is 9.74. The Morgan fingerprint density at radius 2 is 1.85 bits per heavy atom. The first-order valence-corrected chi connectivity index (χ1v) is 6.59.